The smallest absolute Gasteiger partial charge is 0.0146 e. The highest BCUT2D eigenvalue weighted by molar-refractivity contribution is 5.25. The molecule has 10 heavy (non-hydrogen) atoms. The summed E-state index contributed by atoms with van der Waals surface area (Å²) in [5, 5.41) is 3.49. The van der Waals surface area contributed by atoms with Crippen LogP contribution in [0.2, 0.25) is 0 Å². The lowest BCUT2D eigenvalue weighted by Crippen LogP contribution is -2.24. The van der Waals surface area contributed by atoms with Gasteiger partial charge in [-0.1, -0.05) is 12.5 Å². The number of allylic oxidation sites excluding steroid dienone is 2. The van der Waals surface area contributed by atoms with Crippen molar-refractivity contribution in [2.24, 2.45) is 5.92 Å². The molecule has 1 aliphatic carbocycles. The fourth-order valence-corrected chi connectivity index (χ4v) is 1.63. The zero-order valence-electron chi connectivity index (χ0n) is 6.61. The Morgan fingerprint density at radius 2 is 2.20 bits per heavy atom. The van der Waals surface area contributed by atoms with Gasteiger partial charge in [0.05, 0.1) is 0 Å². The summed E-state index contributed by atoms with van der Waals surface area (Å²) in [6, 6.07) is 0. The van der Waals surface area contributed by atoms with Crippen LogP contribution in [0.3, 0.4) is 0 Å². The molecular weight excluding hydrogens is 122 g/mol. The second-order valence-corrected chi connectivity index (χ2v) is 3.61. The Morgan fingerprint density at radius 1 is 1.40 bits per heavy atom. The summed E-state index contributed by atoms with van der Waals surface area (Å²) in [5.41, 5.74) is 3.28. The van der Waals surface area contributed by atoms with E-state index in [1.165, 1.54) is 32.2 Å². The highest BCUT2D eigenvalue weighted by Crippen LogP contribution is 2.34. The highest BCUT2D eigenvalue weighted by atomic mass is 14.9. The second-order valence-electron chi connectivity index (χ2n) is 3.61. The van der Waals surface area contributed by atoms with Crippen LogP contribution in [0, 0.1) is 5.92 Å². The Bertz CT molecular complexity index is 164. The molecule has 2 fully saturated rings. The SMILES string of the molecule is C[C@H]1CCNC(=C2CC2)C1. The average molecular weight is 137 g/mol. The Kier molecular flexibility index (Phi) is 1.44. The van der Waals surface area contributed by atoms with Crippen LogP contribution >= 0.6 is 0 Å². The molecule has 1 N–H and O–H groups in total. The lowest BCUT2D eigenvalue weighted by atomic mass is 9.97. The summed E-state index contributed by atoms with van der Waals surface area (Å²) in [6.45, 7) is 3.56. The minimum atomic E-state index is 0.921. The van der Waals surface area contributed by atoms with Gasteiger partial charge in [-0.2, -0.15) is 0 Å². The molecule has 0 bridgehead atoms. The molecule has 0 unspecified atom stereocenters. The van der Waals surface area contributed by atoms with Crippen molar-refractivity contribution in [1.82, 2.24) is 5.32 Å². The van der Waals surface area contributed by atoms with Gasteiger partial charge >= 0.3 is 0 Å². The van der Waals surface area contributed by atoms with E-state index in [0.717, 1.165) is 5.92 Å². The van der Waals surface area contributed by atoms with Crippen molar-refractivity contribution in [2.45, 2.75) is 32.6 Å². The van der Waals surface area contributed by atoms with Gasteiger partial charge in [0.1, 0.15) is 0 Å². The van der Waals surface area contributed by atoms with E-state index in [1.807, 2.05) is 0 Å². The molecule has 0 radical (unpaired) electrons. The van der Waals surface area contributed by atoms with Gasteiger partial charge in [-0.15, -0.1) is 0 Å². The van der Waals surface area contributed by atoms with Gasteiger partial charge < -0.3 is 5.32 Å². The zero-order valence-corrected chi connectivity index (χ0v) is 6.61. The number of nitrogens with one attached hydrogen (secondary N) is 1. The van der Waals surface area contributed by atoms with Crippen LogP contribution < -0.4 is 5.32 Å². The summed E-state index contributed by atoms with van der Waals surface area (Å²) in [5.74, 6) is 0.921. The Morgan fingerprint density at radius 3 is 2.80 bits per heavy atom. The van der Waals surface area contributed by atoms with Crippen molar-refractivity contribution in [1.29, 1.82) is 0 Å². The third-order valence-electron chi connectivity index (χ3n) is 2.45. The molecule has 2 rings (SSSR count). The Labute approximate surface area is 62.5 Å². The Hall–Kier alpha value is -0.460. The maximum absolute atomic E-state index is 3.49. The van der Waals surface area contributed by atoms with E-state index in [2.05, 4.69) is 12.2 Å². The maximum atomic E-state index is 3.49. The molecule has 1 aliphatic heterocycles. The number of hydrogen-bond donors (Lipinski definition) is 1. The zero-order chi connectivity index (χ0) is 6.97. The van der Waals surface area contributed by atoms with E-state index < -0.39 is 0 Å². The summed E-state index contributed by atoms with van der Waals surface area (Å²) in [6.07, 6.45) is 5.41. The first kappa shape index (κ1) is 6.26. The van der Waals surface area contributed by atoms with Crippen molar-refractivity contribution in [2.75, 3.05) is 6.54 Å². The Balaban J connectivity index is 2.03. The molecule has 0 aromatic heterocycles. The predicted octanol–water partition coefficient (Wildman–Crippen LogP) is 2.05. The van der Waals surface area contributed by atoms with Crippen molar-refractivity contribution < 1.29 is 0 Å². The maximum Gasteiger partial charge on any atom is 0.0146 e. The van der Waals surface area contributed by atoms with Crippen LogP contribution in [0.15, 0.2) is 11.3 Å². The van der Waals surface area contributed by atoms with Crippen molar-refractivity contribution in [3.63, 3.8) is 0 Å². The molecule has 0 aromatic carbocycles. The van der Waals surface area contributed by atoms with Gasteiger partial charge in [-0.05, 0) is 31.6 Å². The average Bonchev–Trinajstić information content (AvgIpc) is 2.68. The molecule has 2 aliphatic rings. The predicted molar refractivity (Wildman–Crippen MR) is 42.7 cm³/mol. The van der Waals surface area contributed by atoms with Gasteiger partial charge in [-0.3, -0.25) is 0 Å². The van der Waals surface area contributed by atoms with Gasteiger partial charge in [0.2, 0.25) is 0 Å². The van der Waals surface area contributed by atoms with Crippen LogP contribution in [0.25, 0.3) is 0 Å². The summed E-state index contributed by atoms with van der Waals surface area (Å²) in [4.78, 5) is 0. The standard InChI is InChI=1S/C9H15N/c1-7-4-5-10-9(6-7)8-2-3-8/h7,10H,2-6H2,1H3/t7-/m0/s1. The minimum Gasteiger partial charge on any atom is -0.388 e. The molecule has 0 amide bonds. The molecule has 0 aromatic rings. The van der Waals surface area contributed by atoms with Crippen LogP contribution in [0.1, 0.15) is 32.6 Å². The molecule has 0 spiro atoms. The van der Waals surface area contributed by atoms with Crippen LogP contribution in [-0.2, 0) is 0 Å². The van der Waals surface area contributed by atoms with Crippen molar-refractivity contribution >= 4 is 0 Å². The lowest BCUT2D eigenvalue weighted by Gasteiger charge is -2.22. The molecule has 1 heterocycles. The van der Waals surface area contributed by atoms with E-state index in [-0.39, 0.29) is 0 Å². The normalized spacial score (nSPS) is 31.9. The topological polar surface area (TPSA) is 12.0 Å². The summed E-state index contributed by atoms with van der Waals surface area (Å²) in [7, 11) is 0. The monoisotopic (exact) mass is 137 g/mol. The molecule has 1 heteroatoms. The highest BCUT2D eigenvalue weighted by Gasteiger charge is 2.21. The molecular formula is C9H15N. The van der Waals surface area contributed by atoms with E-state index in [4.69, 9.17) is 0 Å². The van der Waals surface area contributed by atoms with E-state index >= 15 is 0 Å². The van der Waals surface area contributed by atoms with Gasteiger partial charge in [0.25, 0.3) is 0 Å². The second kappa shape index (κ2) is 2.30. The summed E-state index contributed by atoms with van der Waals surface area (Å²) >= 11 is 0. The fraction of sp³-hybridized carbons (Fsp3) is 0.778. The lowest BCUT2D eigenvalue weighted by molar-refractivity contribution is 0.449. The molecule has 1 atom stereocenters. The van der Waals surface area contributed by atoms with Crippen LogP contribution in [0.5, 0.6) is 0 Å². The van der Waals surface area contributed by atoms with Crippen LogP contribution in [-0.4, -0.2) is 6.54 Å². The summed E-state index contributed by atoms with van der Waals surface area (Å²) < 4.78 is 0. The number of hydrogen-bond acceptors (Lipinski definition) is 1. The first-order chi connectivity index (χ1) is 4.86. The largest absolute Gasteiger partial charge is 0.388 e. The van der Waals surface area contributed by atoms with Crippen molar-refractivity contribution in [3.8, 4) is 0 Å². The van der Waals surface area contributed by atoms with E-state index in [1.54, 1.807) is 11.3 Å². The molecule has 56 valence electrons. The molecule has 1 saturated heterocycles. The number of rotatable bonds is 0. The van der Waals surface area contributed by atoms with E-state index in [0.29, 0.717) is 0 Å². The third kappa shape index (κ3) is 1.18. The van der Waals surface area contributed by atoms with Gasteiger partial charge in [0, 0.05) is 12.2 Å². The van der Waals surface area contributed by atoms with Gasteiger partial charge in [-0.25, -0.2) is 0 Å². The molecule has 1 saturated carbocycles. The van der Waals surface area contributed by atoms with E-state index in [9.17, 15) is 0 Å². The third-order valence-corrected chi connectivity index (χ3v) is 2.45. The quantitative estimate of drug-likeness (QED) is 0.539. The first-order valence-electron chi connectivity index (χ1n) is 4.31. The first-order valence-corrected chi connectivity index (χ1v) is 4.31. The number of piperidine rings is 1. The fourth-order valence-electron chi connectivity index (χ4n) is 1.63. The molecule has 1 nitrogen and oxygen atoms in total. The minimum absolute atomic E-state index is 0.921. The van der Waals surface area contributed by atoms with Crippen molar-refractivity contribution in [3.05, 3.63) is 11.3 Å². The van der Waals surface area contributed by atoms with Gasteiger partial charge in [0.15, 0.2) is 0 Å². The van der Waals surface area contributed by atoms with Crippen LogP contribution in [0.4, 0.5) is 0 Å².